The molecule has 0 atom stereocenters. The van der Waals surface area contributed by atoms with Gasteiger partial charge in [0.25, 0.3) is 5.43 Å². The van der Waals surface area contributed by atoms with E-state index in [1.807, 2.05) is 4.90 Å². The highest BCUT2D eigenvalue weighted by molar-refractivity contribution is 6.13. The number of ketones is 1. The Bertz CT molecular complexity index is 763. The summed E-state index contributed by atoms with van der Waals surface area (Å²) in [5.41, 5.74) is -0.450. The second-order valence-corrected chi connectivity index (χ2v) is 5.49. The fourth-order valence-electron chi connectivity index (χ4n) is 2.90. The molecule has 2 aromatic rings. The van der Waals surface area contributed by atoms with Gasteiger partial charge in [-0.1, -0.05) is 0 Å². The van der Waals surface area contributed by atoms with Gasteiger partial charge in [0.2, 0.25) is 5.43 Å². The molecule has 0 saturated carbocycles. The maximum atomic E-state index is 12.5. The predicted molar refractivity (Wildman–Crippen MR) is 83.8 cm³/mol. The molecule has 0 bridgehead atoms. The highest BCUT2D eigenvalue weighted by Crippen LogP contribution is 2.23. The normalized spacial score (nSPS) is 15.0. The first kappa shape index (κ1) is 14.5. The summed E-state index contributed by atoms with van der Waals surface area (Å²) < 4.78 is 5.05. The van der Waals surface area contributed by atoms with Crippen molar-refractivity contribution in [3.05, 3.63) is 55.8 Å². The lowest BCUT2D eigenvalue weighted by molar-refractivity contribution is 0.103. The van der Waals surface area contributed by atoms with Gasteiger partial charge in [-0.2, -0.15) is 0 Å². The van der Waals surface area contributed by atoms with E-state index in [1.165, 1.54) is 0 Å². The van der Waals surface area contributed by atoms with Crippen molar-refractivity contribution in [2.75, 3.05) is 25.1 Å². The molecule has 1 aliphatic heterocycles. The van der Waals surface area contributed by atoms with Gasteiger partial charge in [-0.3, -0.25) is 14.4 Å². The fourth-order valence-corrected chi connectivity index (χ4v) is 2.90. The van der Waals surface area contributed by atoms with Crippen LogP contribution in [0.5, 0.6) is 5.75 Å². The molecule has 0 aromatic heterocycles. The molecule has 1 aliphatic rings. The Balaban J connectivity index is 1.94. The Hall–Kier alpha value is -2.43. The van der Waals surface area contributed by atoms with Gasteiger partial charge in [-0.15, -0.1) is 0 Å². The van der Waals surface area contributed by atoms with E-state index in [9.17, 15) is 14.4 Å². The number of nitrogens with zero attached hydrogens (tertiary/aromatic N) is 1. The van der Waals surface area contributed by atoms with Gasteiger partial charge in [-0.25, -0.2) is 0 Å². The van der Waals surface area contributed by atoms with Gasteiger partial charge in [-0.05, 0) is 43.5 Å². The van der Waals surface area contributed by atoms with Crippen LogP contribution < -0.4 is 20.5 Å². The van der Waals surface area contributed by atoms with E-state index in [4.69, 9.17) is 4.74 Å². The summed E-state index contributed by atoms with van der Waals surface area (Å²) in [4.78, 5) is 38.2. The van der Waals surface area contributed by atoms with E-state index in [1.54, 1.807) is 31.4 Å². The van der Waals surface area contributed by atoms with Crippen molar-refractivity contribution in [2.24, 2.45) is 0 Å². The number of benzene rings is 1. The number of piperidine rings is 1. The second kappa shape index (κ2) is 5.75. The zero-order chi connectivity index (χ0) is 15.7. The van der Waals surface area contributed by atoms with Gasteiger partial charge in [0, 0.05) is 18.7 Å². The molecule has 1 fully saturated rings. The summed E-state index contributed by atoms with van der Waals surface area (Å²) in [6, 6.07) is 6.55. The number of hydrogen-bond donors (Lipinski definition) is 0. The molecular weight excluding hydrogens is 282 g/mol. The van der Waals surface area contributed by atoms with Gasteiger partial charge < -0.3 is 9.64 Å². The number of carbonyl (C=O) groups is 1. The third-order valence-electron chi connectivity index (χ3n) is 4.14. The van der Waals surface area contributed by atoms with Crippen LogP contribution in [0.4, 0.5) is 5.69 Å². The van der Waals surface area contributed by atoms with Crippen molar-refractivity contribution in [3.63, 3.8) is 0 Å². The molecule has 2 aromatic carbocycles. The highest BCUT2D eigenvalue weighted by atomic mass is 16.5. The van der Waals surface area contributed by atoms with E-state index in [-0.39, 0.29) is 11.3 Å². The quantitative estimate of drug-likeness (QED) is 0.632. The predicted octanol–water partition coefficient (Wildman–Crippen LogP) is 1.51. The number of anilines is 1. The number of hydrogen-bond acceptors (Lipinski definition) is 5. The molecule has 1 saturated heterocycles. The standard InChI is InChI=1S/C17H17NO4/c1-22-12-7-5-11(6-8-12)15(19)13-14(17(21)16(13)20)18-9-3-2-4-10-18/h5-8H,2-4,9-10H2,1H3. The van der Waals surface area contributed by atoms with E-state index in [0.717, 1.165) is 32.4 Å². The maximum absolute atomic E-state index is 12.5. The Kier molecular flexibility index (Phi) is 3.79. The first-order chi connectivity index (χ1) is 10.6. The average molecular weight is 299 g/mol. The van der Waals surface area contributed by atoms with Crippen LogP contribution in [0.15, 0.2) is 33.9 Å². The molecule has 0 unspecified atom stereocenters. The molecule has 5 heteroatoms. The van der Waals surface area contributed by atoms with E-state index in [0.29, 0.717) is 17.0 Å². The monoisotopic (exact) mass is 299 g/mol. The van der Waals surface area contributed by atoms with Crippen LogP contribution in [-0.2, 0) is 0 Å². The van der Waals surface area contributed by atoms with E-state index in [2.05, 4.69) is 0 Å². The van der Waals surface area contributed by atoms with Crippen LogP contribution >= 0.6 is 0 Å². The molecular formula is C17H17NO4. The third-order valence-corrected chi connectivity index (χ3v) is 4.14. The fraction of sp³-hybridized carbons (Fsp3) is 0.353. The minimum absolute atomic E-state index is 0.0390. The zero-order valence-corrected chi connectivity index (χ0v) is 12.4. The zero-order valence-electron chi connectivity index (χ0n) is 12.4. The topological polar surface area (TPSA) is 63.7 Å². The van der Waals surface area contributed by atoms with E-state index < -0.39 is 10.9 Å². The largest absolute Gasteiger partial charge is 0.497 e. The Morgan fingerprint density at radius 2 is 1.64 bits per heavy atom. The third kappa shape index (κ3) is 2.32. The van der Waals surface area contributed by atoms with Crippen molar-refractivity contribution >= 4 is 11.5 Å². The van der Waals surface area contributed by atoms with Crippen molar-refractivity contribution in [2.45, 2.75) is 19.3 Å². The number of rotatable bonds is 4. The Morgan fingerprint density at radius 3 is 2.23 bits per heavy atom. The van der Waals surface area contributed by atoms with Crippen molar-refractivity contribution in [3.8, 4) is 5.75 Å². The SMILES string of the molecule is COc1ccc(C(=O)c2c(N3CCCCC3)c(=O)c2=O)cc1. The molecule has 5 nitrogen and oxygen atoms in total. The molecule has 0 radical (unpaired) electrons. The smallest absolute Gasteiger partial charge is 0.250 e. The minimum Gasteiger partial charge on any atom is -0.497 e. The molecule has 3 rings (SSSR count). The molecule has 0 amide bonds. The first-order valence-electron chi connectivity index (χ1n) is 7.40. The molecule has 1 heterocycles. The van der Waals surface area contributed by atoms with Gasteiger partial charge in [0.05, 0.1) is 7.11 Å². The van der Waals surface area contributed by atoms with Crippen LogP contribution in [0.25, 0.3) is 0 Å². The highest BCUT2D eigenvalue weighted by Gasteiger charge is 2.31. The molecule has 0 aliphatic carbocycles. The maximum Gasteiger partial charge on any atom is 0.250 e. The number of carbonyl (C=O) groups excluding carboxylic acids is 1. The van der Waals surface area contributed by atoms with Crippen LogP contribution in [0.1, 0.15) is 35.2 Å². The van der Waals surface area contributed by atoms with Crippen molar-refractivity contribution in [1.82, 2.24) is 0 Å². The molecule has 0 spiro atoms. The van der Waals surface area contributed by atoms with Gasteiger partial charge in [0.1, 0.15) is 17.0 Å². The van der Waals surface area contributed by atoms with Crippen molar-refractivity contribution < 1.29 is 9.53 Å². The Morgan fingerprint density at radius 1 is 1.00 bits per heavy atom. The lowest BCUT2D eigenvalue weighted by Gasteiger charge is -2.30. The average Bonchev–Trinajstić information content (AvgIpc) is 2.59. The number of methoxy groups -OCH3 is 1. The Labute approximate surface area is 127 Å². The summed E-state index contributed by atoms with van der Waals surface area (Å²) in [5, 5.41) is 0. The summed E-state index contributed by atoms with van der Waals surface area (Å²) >= 11 is 0. The molecule has 22 heavy (non-hydrogen) atoms. The first-order valence-corrected chi connectivity index (χ1v) is 7.40. The second-order valence-electron chi connectivity index (χ2n) is 5.49. The minimum atomic E-state index is -0.665. The summed E-state index contributed by atoms with van der Waals surface area (Å²) in [6.45, 7) is 1.46. The molecule has 0 N–H and O–H groups in total. The van der Waals surface area contributed by atoms with Gasteiger partial charge in [0.15, 0.2) is 5.78 Å². The van der Waals surface area contributed by atoms with Crippen molar-refractivity contribution in [1.29, 1.82) is 0 Å². The summed E-state index contributed by atoms with van der Waals surface area (Å²) in [6.07, 6.45) is 3.08. The van der Waals surface area contributed by atoms with Crippen LogP contribution in [0, 0.1) is 0 Å². The van der Waals surface area contributed by atoms with Crippen LogP contribution in [-0.4, -0.2) is 26.0 Å². The lowest BCUT2D eigenvalue weighted by Crippen LogP contribution is -2.47. The lowest BCUT2D eigenvalue weighted by atomic mass is 9.95. The summed E-state index contributed by atoms with van der Waals surface area (Å²) in [7, 11) is 1.54. The number of ether oxygens (including phenoxy) is 1. The summed E-state index contributed by atoms with van der Waals surface area (Å²) in [5.74, 6) is 0.255. The molecule has 114 valence electrons. The van der Waals surface area contributed by atoms with Crippen LogP contribution in [0.3, 0.4) is 0 Å². The van der Waals surface area contributed by atoms with Gasteiger partial charge >= 0.3 is 0 Å². The van der Waals surface area contributed by atoms with Crippen LogP contribution in [0.2, 0.25) is 0 Å². The van der Waals surface area contributed by atoms with E-state index >= 15 is 0 Å².